The highest BCUT2D eigenvalue weighted by Crippen LogP contribution is 2.30. The maximum Gasteiger partial charge on any atom is 0.259 e. The van der Waals surface area contributed by atoms with E-state index < -0.39 is 10.0 Å². The standard InChI is InChI=1S/C25H30N4O4S/c1-18-9-8-10-20(15-18)29-19(2)22(17-26-29)25(30)27-23-16-21(11-12-24(23)33-3)34(31,32)28-13-6-4-5-7-14-28/h8-12,15-17H,4-7,13-14H2,1-3H3,(H,27,30). The molecule has 1 amide bonds. The first kappa shape index (κ1) is 24.0. The van der Waals surface area contributed by atoms with Crippen molar-refractivity contribution in [3.63, 3.8) is 0 Å². The molecule has 1 aliphatic rings. The van der Waals surface area contributed by atoms with Gasteiger partial charge in [0.25, 0.3) is 5.91 Å². The first-order valence-corrected chi connectivity index (χ1v) is 12.9. The number of anilines is 1. The summed E-state index contributed by atoms with van der Waals surface area (Å²) in [6.45, 7) is 4.83. The van der Waals surface area contributed by atoms with Crippen molar-refractivity contribution in [3.05, 3.63) is 65.5 Å². The number of methoxy groups -OCH3 is 1. The number of aryl methyl sites for hydroxylation is 1. The second-order valence-electron chi connectivity index (χ2n) is 8.53. The van der Waals surface area contributed by atoms with E-state index in [9.17, 15) is 13.2 Å². The van der Waals surface area contributed by atoms with E-state index in [-0.39, 0.29) is 10.8 Å². The molecule has 34 heavy (non-hydrogen) atoms. The van der Waals surface area contributed by atoms with E-state index in [4.69, 9.17) is 4.74 Å². The third-order valence-electron chi connectivity index (χ3n) is 6.12. The number of hydrogen-bond acceptors (Lipinski definition) is 5. The van der Waals surface area contributed by atoms with Gasteiger partial charge in [0.15, 0.2) is 0 Å². The van der Waals surface area contributed by atoms with Crippen LogP contribution in [0.3, 0.4) is 0 Å². The van der Waals surface area contributed by atoms with E-state index in [1.165, 1.54) is 29.7 Å². The molecule has 0 atom stereocenters. The highest BCUT2D eigenvalue weighted by Gasteiger charge is 2.26. The summed E-state index contributed by atoms with van der Waals surface area (Å²) in [6.07, 6.45) is 5.28. The SMILES string of the molecule is COc1ccc(S(=O)(=O)N2CCCCCC2)cc1NC(=O)c1cnn(-c2cccc(C)c2)c1C. The summed E-state index contributed by atoms with van der Waals surface area (Å²) in [6, 6.07) is 12.4. The molecule has 1 N–H and O–H groups in total. The van der Waals surface area contributed by atoms with Crippen LogP contribution in [0.1, 0.15) is 47.3 Å². The summed E-state index contributed by atoms with van der Waals surface area (Å²) in [5, 5.41) is 7.20. The van der Waals surface area contributed by atoms with Crippen LogP contribution in [0.25, 0.3) is 5.69 Å². The quantitative estimate of drug-likeness (QED) is 0.565. The number of amides is 1. The molecule has 1 aromatic heterocycles. The van der Waals surface area contributed by atoms with Crippen LogP contribution in [0.2, 0.25) is 0 Å². The number of ether oxygens (including phenoxy) is 1. The molecule has 0 saturated carbocycles. The van der Waals surface area contributed by atoms with Crippen LogP contribution in [-0.4, -0.2) is 48.6 Å². The number of rotatable bonds is 6. The predicted molar refractivity (Wildman–Crippen MR) is 131 cm³/mol. The summed E-state index contributed by atoms with van der Waals surface area (Å²) in [5.41, 5.74) is 3.32. The first-order valence-electron chi connectivity index (χ1n) is 11.4. The minimum Gasteiger partial charge on any atom is -0.495 e. The Hall–Kier alpha value is -3.17. The van der Waals surface area contributed by atoms with Gasteiger partial charge in [-0.2, -0.15) is 9.40 Å². The summed E-state index contributed by atoms with van der Waals surface area (Å²) < 4.78 is 35.1. The van der Waals surface area contributed by atoms with Crippen LogP contribution in [0, 0.1) is 13.8 Å². The van der Waals surface area contributed by atoms with Crippen molar-refractivity contribution < 1.29 is 17.9 Å². The molecule has 0 unspecified atom stereocenters. The third kappa shape index (κ3) is 4.85. The Morgan fingerprint density at radius 2 is 1.76 bits per heavy atom. The lowest BCUT2D eigenvalue weighted by Crippen LogP contribution is -2.32. The molecule has 180 valence electrons. The van der Waals surface area contributed by atoms with Gasteiger partial charge in [-0.3, -0.25) is 4.79 Å². The highest BCUT2D eigenvalue weighted by atomic mass is 32.2. The lowest BCUT2D eigenvalue weighted by atomic mass is 10.2. The van der Waals surface area contributed by atoms with Gasteiger partial charge in [-0.05, 0) is 62.6 Å². The zero-order valence-corrected chi connectivity index (χ0v) is 20.6. The van der Waals surface area contributed by atoms with E-state index >= 15 is 0 Å². The molecule has 3 aromatic rings. The first-order chi connectivity index (χ1) is 16.3. The minimum atomic E-state index is -3.67. The van der Waals surface area contributed by atoms with Crippen LogP contribution in [-0.2, 0) is 10.0 Å². The van der Waals surface area contributed by atoms with Gasteiger partial charge in [0.05, 0.1) is 40.8 Å². The number of carbonyl (C=O) groups is 1. The Bertz CT molecular complexity index is 1290. The average molecular weight is 483 g/mol. The molecule has 0 spiro atoms. The van der Waals surface area contributed by atoms with Gasteiger partial charge in [-0.1, -0.05) is 25.0 Å². The largest absolute Gasteiger partial charge is 0.495 e. The monoisotopic (exact) mass is 482 g/mol. The fourth-order valence-electron chi connectivity index (χ4n) is 4.22. The van der Waals surface area contributed by atoms with E-state index in [1.54, 1.807) is 10.7 Å². The van der Waals surface area contributed by atoms with Crippen molar-refractivity contribution in [2.75, 3.05) is 25.5 Å². The topological polar surface area (TPSA) is 93.5 Å². The van der Waals surface area contributed by atoms with Crippen molar-refractivity contribution in [1.29, 1.82) is 0 Å². The Morgan fingerprint density at radius 1 is 1.03 bits per heavy atom. The maximum absolute atomic E-state index is 13.2. The molecule has 2 heterocycles. The second-order valence-corrected chi connectivity index (χ2v) is 10.5. The zero-order chi connectivity index (χ0) is 24.3. The Morgan fingerprint density at radius 3 is 2.44 bits per heavy atom. The number of carbonyl (C=O) groups excluding carboxylic acids is 1. The summed E-state index contributed by atoms with van der Waals surface area (Å²) >= 11 is 0. The van der Waals surface area contributed by atoms with Gasteiger partial charge >= 0.3 is 0 Å². The Kier molecular flexibility index (Phi) is 7.04. The van der Waals surface area contributed by atoms with Crippen molar-refractivity contribution >= 4 is 21.6 Å². The van der Waals surface area contributed by atoms with E-state index in [0.29, 0.717) is 35.8 Å². The average Bonchev–Trinajstić information content (AvgIpc) is 3.01. The van der Waals surface area contributed by atoms with Crippen molar-refractivity contribution in [1.82, 2.24) is 14.1 Å². The van der Waals surface area contributed by atoms with Crippen LogP contribution in [0.4, 0.5) is 5.69 Å². The van der Waals surface area contributed by atoms with Crippen LogP contribution in [0.5, 0.6) is 5.75 Å². The molecule has 1 aliphatic heterocycles. The zero-order valence-electron chi connectivity index (χ0n) is 19.7. The number of aromatic nitrogens is 2. The number of sulfonamides is 1. The van der Waals surface area contributed by atoms with Gasteiger partial charge in [0.2, 0.25) is 10.0 Å². The molecule has 2 aromatic carbocycles. The minimum absolute atomic E-state index is 0.137. The molecular formula is C25H30N4O4S. The van der Waals surface area contributed by atoms with Gasteiger partial charge in [-0.25, -0.2) is 13.1 Å². The number of benzene rings is 2. The molecule has 4 rings (SSSR count). The van der Waals surface area contributed by atoms with Gasteiger partial charge in [0, 0.05) is 13.1 Å². The van der Waals surface area contributed by atoms with Gasteiger partial charge in [-0.15, -0.1) is 0 Å². The van der Waals surface area contributed by atoms with E-state index in [1.807, 2.05) is 38.1 Å². The summed E-state index contributed by atoms with van der Waals surface area (Å²) in [5.74, 6) is -0.00841. The molecule has 0 radical (unpaired) electrons. The predicted octanol–water partition coefficient (Wildman–Crippen LogP) is 4.31. The van der Waals surface area contributed by atoms with Crippen molar-refractivity contribution in [3.8, 4) is 11.4 Å². The molecule has 8 nitrogen and oxygen atoms in total. The maximum atomic E-state index is 13.2. The molecule has 1 saturated heterocycles. The Balaban J connectivity index is 1.62. The van der Waals surface area contributed by atoms with Crippen LogP contribution in [0.15, 0.2) is 53.6 Å². The van der Waals surface area contributed by atoms with Gasteiger partial charge < -0.3 is 10.1 Å². The molecule has 1 fully saturated rings. The molecule has 9 heteroatoms. The molecular weight excluding hydrogens is 452 g/mol. The lowest BCUT2D eigenvalue weighted by molar-refractivity contribution is 0.102. The lowest BCUT2D eigenvalue weighted by Gasteiger charge is -2.21. The fraction of sp³-hybridized carbons (Fsp3) is 0.360. The van der Waals surface area contributed by atoms with Crippen LogP contribution >= 0.6 is 0 Å². The van der Waals surface area contributed by atoms with E-state index in [0.717, 1.165) is 36.9 Å². The summed E-state index contributed by atoms with van der Waals surface area (Å²) in [4.78, 5) is 13.3. The van der Waals surface area contributed by atoms with Crippen molar-refractivity contribution in [2.24, 2.45) is 0 Å². The van der Waals surface area contributed by atoms with E-state index in [2.05, 4.69) is 10.4 Å². The number of nitrogens with one attached hydrogen (secondary N) is 1. The Labute approximate surface area is 200 Å². The smallest absolute Gasteiger partial charge is 0.259 e. The third-order valence-corrected chi connectivity index (χ3v) is 8.02. The van der Waals surface area contributed by atoms with Crippen LogP contribution < -0.4 is 10.1 Å². The second kappa shape index (κ2) is 9.99. The number of hydrogen-bond donors (Lipinski definition) is 1. The molecule has 0 bridgehead atoms. The van der Waals surface area contributed by atoms with Crippen molar-refractivity contribution in [2.45, 2.75) is 44.4 Å². The van der Waals surface area contributed by atoms with Gasteiger partial charge in [0.1, 0.15) is 5.75 Å². The highest BCUT2D eigenvalue weighted by molar-refractivity contribution is 7.89. The normalized spacial score (nSPS) is 15.0. The summed E-state index contributed by atoms with van der Waals surface area (Å²) in [7, 11) is -2.19. The molecule has 0 aliphatic carbocycles. The fourth-order valence-corrected chi connectivity index (χ4v) is 5.76. The number of nitrogens with zero attached hydrogens (tertiary/aromatic N) is 3.